The summed E-state index contributed by atoms with van der Waals surface area (Å²) in [5, 5.41) is 10.8. The average molecular weight is 418 g/mol. The monoisotopic (exact) mass is 417 g/mol. The van der Waals surface area contributed by atoms with E-state index in [4.69, 9.17) is 0 Å². The molecule has 0 N–H and O–H groups in total. The fourth-order valence-electron chi connectivity index (χ4n) is 3.85. The average Bonchev–Trinajstić information content (AvgIpc) is 2.36. The van der Waals surface area contributed by atoms with Crippen LogP contribution in [-0.4, -0.2) is 23.4 Å². The van der Waals surface area contributed by atoms with E-state index >= 15 is 0 Å². The predicted molar refractivity (Wildman–Crippen MR) is 103 cm³/mol. The van der Waals surface area contributed by atoms with Crippen molar-refractivity contribution in [3.8, 4) is 0 Å². The second-order valence-corrected chi connectivity index (χ2v) is 12.2. The van der Waals surface area contributed by atoms with Crippen molar-refractivity contribution in [1.29, 1.82) is 0 Å². The first kappa shape index (κ1) is 23.5. The number of hydrogen-bond donors (Lipinski definition) is 0. The summed E-state index contributed by atoms with van der Waals surface area (Å²) in [4.78, 5) is 10.5. The summed E-state index contributed by atoms with van der Waals surface area (Å²) in [5.41, 5.74) is 1.46. The SMILES string of the molecule is CC(C)C[P+](Cc1ccc([N+](=O)[O-])cc1)(CC(C)C)CC(C)C.[Br-]. The van der Waals surface area contributed by atoms with Gasteiger partial charge in [-0.05, 0) is 35.4 Å². The normalized spacial score (nSPS) is 11.9. The van der Waals surface area contributed by atoms with Gasteiger partial charge in [-0.25, -0.2) is 0 Å². The molecule has 1 rings (SSSR count). The van der Waals surface area contributed by atoms with Crippen LogP contribution in [0.25, 0.3) is 0 Å². The summed E-state index contributed by atoms with van der Waals surface area (Å²) in [6.45, 7) is 13.9. The molecule has 1 aromatic carbocycles. The smallest absolute Gasteiger partial charge is 0.269 e. The molecule has 0 heterocycles. The molecule has 1 aromatic rings. The molecule has 3 nitrogen and oxygen atoms in total. The number of halogens is 1. The van der Waals surface area contributed by atoms with Crippen LogP contribution in [0.4, 0.5) is 5.69 Å². The zero-order valence-corrected chi connectivity index (χ0v) is 18.4. The minimum atomic E-state index is -1.10. The molecule has 0 fully saturated rings. The lowest BCUT2D eigenvalue weighted by molar-refractivity contribution is -0.384. The largest absolute Gasteiger partial charge is 1.00 e. The lowest BCUT2D eigenvalue weighted by atomic mass is 10.2. The van der Waals surface area contributed by atoms with Crippen LogP contribution < -0.4 is 17.0 Å². The maximum atomic E-state index is 10.8. The standard InChI is InChI=1S/C19H33NO2P.BrH/c1-15(2)11-23(12-16(3)4,13-17(5)6)14-18-7-9-19(10-8-18)20(21)22;/h7-10,15-17H,11-14H2,1-6H3;1H/q+1;/p-1. The maximum absolute atomic E-state index is 10.8. The molecule has 0 unspecified atom stereocenters. The number of nitro groups is 1. The molecule has 0 aliphatic rings. The summed E-state index contributed by atoms with van der Waals surface area (Å²) >= 11 is 0. The van der Waals surface area contributed by atoms with Crippen molar-refractivity contribution in [2.24, 2.45) is 17.8 Å². The van der Waals surface area contributed by atoms with Gasteiger partial charge in [0.15, 0.2) is 0 Å². The van der Waals surface area contributed by atoms with Gasteiger partial charge in [0.2, 0.25) is 0 Å². The molecule has 0 bridgehead atoms. The summed E-state index contributed by atoms with van der Waals surface area (Å²) in [7, 11) is -1.10. The fourth-order valence-corrected chi connectivity index (χ4v) is 10.3. The molecule has 0 aromatic heterocycles. The zero-order valence-electron chi connectivity index (χ0n) is 16.0. The Morgan fingerprint density at radius 2 is 1.25 bits per heavy atom. The third-order valence-corrected chi connectivity index (χ3v) is 9.47. The minimum Gasteiger partial charge on any atom is -1.00 e. The van der Waals surface area contributed by atoms with Crippen LogP contribution in [0, 0.1) is 27.9 Å². The summed E-state index contributed by atoms with van der Waals surface area (Å²) in [5.74, 6) is 2.12. The van der Waals surface area contributed by atoms with Gasteiger partial charge in [-0.15, -0.1) is 0 Å². The topological polar surface area (TPSA) is 43.1 Å². The Labute approximate surface area is 158 Å². The molecule has 0 radical (unpaired) electrons. The van der Waals surface area contributed by atoms with E-state index in [9.17, 15) is 10.1 Å². The van der Waals surface area contributed by atoms with Crippen LogP contribution in [0.1, 0.15) is 47.1 Å². The summed E-state index contributed by atoms with van der Waals surface area (Å²) < 4.78 is 0. The van der Waals surface area contributed by atoms with Gasteiger partial charge >= 0.3 is 0 Å². The Morgan fingerprint density at radius 1 is 0.875 bits per heavy atom. The van der Waals surface area contributed by atoms with E-state index in [2.05, 4.69) is 41.5 Å². The van der Waals surface area contributed by atoms with Crippen LogP contribution >= 0.6 is 7.26 Å². The Balaban J connectivity index is 0.00000529. The molecule has 0 aliphatic heterocycles. The number of benzene rings is 1. The molecule has 0 spiro atoms. The van der Waals surface area contributed by atoms with E-state index < -0.39 is 7.26 Å². The van der Waals surface area contributed by atoms with Crippen LogP contribution in [0.5, 0.6) is 0 Å². The number of nitro benzene ring substituents is 1. The van der Waals surface area contributed by atoms with Crippen molar-refractivity contribution in [1.82, 2.24) is 0 Å². The molecule has 138 valence electrons. The molecule has 0 saturated carbocycles. The van der Waals surface area contributed by atoms with Crippen LogP contribution in [0.15, 0.2) is 24.3 Å². The number of nitrogens with zero attached hydrogens (tertiary/aromatic N) is 1. The van der Waals surface area contributed by atoms with E-state index in [1.807, 2.05) is 12.1 Å². The second kappa shape index (κ2) is 10.5. The molecular weight excluding hydrogens is 385 g/mol. The van der Waals surface area contributed by atoms with Gasteiger partial charge in [0.05, 0.1) is 29.6 Å². The van der Waals surface area contributed by atoms with Gasteiger partial charge in [-0.2, -0.15) is 0 Å². The van der Waals surface area contributed by atoms with E-state index in [0.717, 1.165) is 6.16 Å². The van der Waals surface area contributed by atoms with Crippen molar-refractivity contribution < 1.29 is 21.9 Å². The van der Waals surface area contributed by atoms with Gasteiger partial charge in [-0.3, -0.25) is 10.1 Å². The van der Waals surface area contributed by atoms with Gasteiger partial charge in [0, 0.05) is 19.4 Å². The van der Waals surface area contributed by atoms with Crippen molar-refractivity contribution in [3.63, 3.8) is 0 Å². The third-order valence-electron chi connectivity index (χ3n) is 3.92. The molecule has 5 heteroatoms. The van der Waals surface area contributed by atoms with Crippen LogP contribution in [0.3, 0.4) is 0 Å². The van der Waals surface area contributed by atoms with E-state index in [1.165, 1.54) is 24.0 Å². The predicted octanol–water partition coefficient (Wildman–Crippen LogP) is 3.08. The second-order valence-electron chi connectivity index (χ2n) is 8.15. The first-order valence-corrected chi connectivity index (χ1v) is 11.2. The Morgan fingerprint density at radius 3 is 1.54 bits per heavy atom. The van der Waals surface area contributed by atoms with Gasteiger partial charge < -0.3 is 17.0 Å². The Bertz CT molecular complexity index is 474. The van der Waals surface area contributed by atoms with Crippen LogP contribution in [-0.2, 0) is 6.16 Å². The van der Waals surface area contributed by atoms with Gasteiger partial charge in [-0.1, -0.05) is 41.5 Å². The molecule has 0 atom stereocenters. The third kappa shape index (κ3) is 8.07. The Kier molecular flexibility index (Phi) is 10.3. The number of non-ortho nitro benzene ring substituents is 1. The quantitative estimate of drug-likeness (QED) is 0.352. The first-order valence-electron chi connectivity index (χ1n) is 8.72. The minimum absolute atomic E-state index is 0. The van der Waals surface area contributed by atoms with Gasteiger partial charge in [0.25, 0.3) is 5.69 Å². The molecule has 0 aliphatic carbocycles. The summed E-state index contributed by atoms with van der Waals surface area (Å²) in [6.07, 6.45) is 5.08. The van der Waals surface area contributed by atoms with E-state index in [0.29, 0.717) is 17.8 Å². The first-order chi connectivity index (χ1) is 10.6. The highest BCUT2D eigenvalue weighted by Crippen LogP contribution is 2.64. The van der Waals surface area contributed by atoms with E-state index in [1.54, 1.807) is 12.1 Å². The lowest BCUT2D eigenvalue weighted by Gasteiger charge is -2.32. The lowest BCUT2D eigenvalue weighted by Crippen LogP contribution is -3.00. The van der Waals surface area contributed by atoms with Gasteiger partial charge in [0.1, 0.15) is 0 Å². The molecule has 0 saturated heterocycles. The Hall–Kier alpha value is -0.470. The van der Waals surface area contributed by atoms with Crippen molar-refractivity contribution in [2.75, 3.05) is 18.5 Å². The molecule has 0 amide bonds. The molecular formula is C19H33BrNO2P. The van der Waals surface area contributed by atoms with Crippen molar-refractivity contribution >= 4 is 12.9 Å². The van der Waals surface area contributed by atoms with Crippen LogP contribution in [0.2, 0.25) is 0 Å². The fraction of sp³-hybridized carbons (Fsp3) is 0.684. The van der Waals surface area contributed by atoms with Crippen molar-refractivity contribution in [3.05, 3.63) is 39.9 Å². The maximum Gasteiger partial charge on any atom is 0.269 e. The van der Waals surface area contributed by atoms with E-state index in [-0.39, 0.29) is 27.6 Å². The highest BCUT2D eigenvalue weighted by molar-refractivity contribution is 7.75. The van der Waals surface area contributed by atoms with Crippen molar-refractivity contribution in [2.45, 2.75) is 47.7 Å². The highest BCUT2D eigenvalue weighted by Gasteiger charge is 2.39. The molecule has 24 heavy (non-hydrogen) atoms. The summed E-state index contributed by atoms with van der Waals surface area (Å²) in [6, 6.07) is 7.25. The zero-order chi connectivity index (χ0) is 17.6. The highest BCUT2D eigenvalue weighted by atomic mass is 79.9. The number of hydrogen-bond acceptors (Lipinski definition) is 2. The number of rotatable bonds is 9.